The number of rotatable bonds is 7. The Morgan fingerprint density at radius 3 is 2.85 bits per heavy atom. The number of hydroxylamine groups is 2. The molecule has 2 amide bonds. The van der Waals surface area contributed by atoms with Gasteiger partial charge in [-0.25, -0.2) is 9.78 Å². The van der Waals surface area contributed by atoms with Gasteiger partial charge < -0.3 is 15.0 Å². The minimum absolute atomic E-state index is 0.272. The van der Waals surface area contributed by atoms with Gasteiger partial charge >= 0.3 is 6.03 Å². The van der Waals surface area contributed by atoms with Crippen molar-refractivity contribution in [3.8, 4) is 11.5 Å². The second kappa shape index (κ2) is 8.74. The third kappa shape index (κ3) is 5.16. The van der Waals surface area contributed by atoms with Gasteiger partial charge in [0.15, 0.2) is 5.82 Å². The Balaban J connectivity index is 1.34. The second-order valence-electron chi connectivity index (χ2n) is 8.25. The molecule has 0 bridgehead atoms. The summed E-state index contributed by atoms with van der Waals surface area (Å²) in [5.74, 6) is 0.503. The first-order chi connectivity index (χ1) is 15.9. The Labute approximate surface area is 190 Å². The summed E-state index contributed by atoms with van der Waals surface area (Å²) in [4.78, 5) is 22.9. The third-order valence-electron chi connectivity index (χ3n) is 5.47. The molecule has 0 atom stereocenters. The number of anilines is 1. The molecule has 33 heavy (non-hydrogen) atoms. The number of aromatic nitrogens is 4. The average molecular weight is 476 g/mol. The highest BCUT2D eigenvalue weighted by molar-refractivity contribution is 7.85. The molecule has 0 spiro atoms. The van der Waals surface area contributed by atoms with E-state index in [-0.39, 0.29) is 6.04 Å². The Kier molecular flexibility index (Phi) is 5.78. The molecule has 2 aliphatic rings. The first kappa shape index (κ1) is 21.8. The van der Waals surface area contributed by atoms with Crippen molar-refractivity contribution in [2.24, 2.45) is 0 Å². The highest BCUT2D eigenvalue weighted by atomic mass is 32.2. The van der Waals surface area contributed by atoms with E-state index < -0.39 is 16.1 Å². The Hall–Kier alpha value is -3.00. The van der Waals surface area contributed by atoms with Gasteiger partial charge in [0.05, 0.1) is 48.4 Å². The predicted octanol–water partition coefficient (Wildman–Crippen LogP) is 1.67. The number of aromatic amines is 2. The van der Waals surface area contributed by atoms with Gasteiger partial charge in [0, 0.05) is 19.6 Å². The van der Waals surface area contributed by atoms with Crippen molar-refractivity contribution in [3.05, 3.63) is 30.0 Å². The number of carbonyl (C=O) groups excluding carboxylic acids is 1. The zero-order valence-corrected chi connectivity index (χ0v) is 18.9. The maximum atomic E-state index is 12.7. The fraction of sp³-hybridized carbons (Fsp3) is 0.450. The number of ether oxygens (including phenoxy) is 1. The Bertz CT molecular complexity index is 1260. The molecule has 1 aromatic carbocycles. The number of benzene rings is 1. The van der Waals surface area contributed by atoms with E-state index in [1.54, 1.807) is 0 Å². The van der Waals surface area contributed by atoms with Crippen LogP contribution in [0.3, 0.4) is 0 Å². The van der Waals surface area contributed by atoms with E-state index in [0.29, 0.717) is 30.0 Å². The van der Waals surface area contributed by atoms with Crippen LogP contribution in [0.1, 0.15) is 18.4 Å². The second-order valence-corrected chi connectivity index (χ2v) is 9.81. The molecule has 3 N–H and O–H groups in total. The average Bonchev–Trinajstić information content (AvgIpc) is 3.37. The number of hydrogen-bond acceptors (Lipinski definition) is 8. The molecule has 3 heterocycles. The van der Waals surface area contributed by atoms with Crippen molar-refractivity contribution in [1.29, 1.82) is 0 Å². The monoisotopic (exact) mass is 475 g/mol. The van der Waals surface area contributed by atoms with E-state index in [4.69, 9.17) is 9.02 Å². The fourth-order valence-corrected chi connectivity index (χ4v) is 4.22. The number of hydrogen-bond donors (Lipinski definition) is 3. The lowest BCUT2D eigenvalue weighted by Gasteiger charge is -2.26. The summed E-state index contributed by atoms with van der Waals surface area (Å²) in [5.41, 5.74) is 3.64. The summed E-state index contributed by atoms with van der Waals surface area (Å²) in [6.07, 6.45) is 3.70. The topological polar surface area (TPSA) is 146 Å². The van der Waals surface area contributed by atoms with Gasteiger partial charge in [-0.05, 0) is 30.5 Å². The number of morpholine rings is 1. The van der Waals surface area contributed by atoms with Crippen LogP contribution in [0.4, 0.5) is 10.5 Å². The van der Waals surface area contributed by atoms with Gasteiger partial charge in [-0.1, -0.05) is 6.07 Å². The van der Waals surface area contributed by atoms with Crippen molar-refractivity contribution >= 4 is 32.9 Å². The molecule has 1 aliphatic carbocycles. The normalized spacial score (nSPS) is 17.4. The first-order valence-corrected chi connectivity index (χ1v) is 12.5. The van der Waals surface area contributed by atoms with Crippen molar-refractivity contribution < 1.29 is 22.2 Å². The third-order valence-corrected chi connectivity index (χ3v) is 5.90. The molecule has 2 fully saturated rings. The molecule has 176 valence electrons. The van der Waals surface area contributed by atoms with Gasteiger partial charge in [0.25, 0.3) is 10.1 Å². The molecule has 12 nitrogen and oxygen atoms in total. The number of nitrogens with one attached hydrogen (secondary N) is 3. The van der Waals surface area contributed by atoms with E-state index in [1.165, 1.54) is 6.20 Å². The van der Waals surface area contributed by atoms with Gasteiger partial charge in [-0.2, -0.15) is 18.6 Å². The van der Waals surface area contributed by atoms with Crippen molar-refractivity contribution in [2.75, 3.05) is 37.9 Å². The Morgan fingerprint density at radius 1 is 1.33 bits per heavy atom. The quantitative estimate of drug-likeness (QED) is 0.438. The summed E-state index contributed by atoms with van der Waals surface area (Å²) < 4.78 is 33.3. The number of carbonyl (C=O) groups is 1. The highest BCUT2D eigenvalue weighted by Crippen LogP contribution is 2.30. The largest absolute Gasteiger partial charge is 0.379 e. The maximum absolute atomic E-state index is 12.7. The maximum Gasteiger partial charge on any atom is 0.347 e. The van der Waals surface area contributed by atoms with Crippen LogP contribution in [0, 0.1) is 0 Å². The predicted molar refractivity (Wildman–Crippen MR) is 120 cm³/mol. The van der Waals surface area contributed by atoms with Crippen LogP contribution < -0.4 is 5.32 Å². The molecule has 5 rings (SSSR count). The molecule has 1 aliphatic heterocycles. The van der Waals surface area contributed by atoms with Gasteiger partial charge in [0.1, 0.15) is 5.69 Å². The van der Waals surface area contributed by atoms with E-state index in [2.05, 4.69) is 36.4 Å². The molecule has 1 saturated carbocycles. The minimum atomic E-state index is -3.83. The van der Waals surface area contributed by atoms with E-state index in [0.717, 1.165) is 60.8 Å². The molecule has 1 saturated heterocycles. The molecule has 3 aromatic rings. The van der Waals surface area contributed by atoms with Gasteiger partial charge in [0.2, 0.25) is 0 Å². The van der Waals surface area contributed by atoms with Gasteiger partial charge in [-0.15, -0.1) is 4.28 Å². The number of amides is 2. The summed E-state index contributed by atoms with van der Waals surface area (Å²) in [6, 6.07) is 5.11. The number of H-pyrrole nitrogens is 2. The van der Waals surface area contributed by atoms with E-state index >= 15 is 0 Å². The number of nitrogens with zero attached hydrogens (tertiary/aromatic N) is 4. The zero-order valence-electron chi connectivity index (χ0n) is 18.1. The molecular weight excluding hydrogens is 450 g/mol. The van der Waals surface area contributed by atoms with Crippen LogP contribution >= 0.6 is 0 Å². The molecule has 0 unspecified atom stereocenters. The molecule has 0 radical (unpaired) electrons. The van der Waals surface area contributed by atoms with Crippen molar-refractivity contribution in [1.82, 2.24) is 30.1 Å². The van der Waals surface area contributed by atoms with Crippen molar-refractivity contribution in [3.63, 3.8) is 0 Å². The minimum Gasteiger partial charge on any atom is -0.379 e. The zero-order chi connectivity index (χ0) is 23.0. The molecule has 2 aromatic heterocycles. The van der Waals surface area contributed by atoms with Crippen LogP contribution in [-0.4, -0.2) is 83.2 Å². The SMILES string of the molecule is CS(=O)(=O)ON(C(=O)Nc1cn[nH]c1-c1nc2ccc(CN3CCOCC3)cc2[nH]1)C1CC1. The van der Waals surface area contributed by atoms with Crippen LogP contribution in [-0.2, 0) is 25.7 Å². The summed E-state index contributed by atoms with van der Waals surface area (Å²) in [5, 5.41) is 10.4. The smallest absolute Gasteiger partial charge is 0.347 e. The highest BCUT2D eigenvalue weighted by Gasteiger charge is 2.37. The van der Waals surface area contributed by atoms with Crippen LogP contribution in [0.5, 0.6) is 0 Å². The lowest BCUT2D eigenvalue weighted by atomic mass is 10.2. The summed E-state index contributed by atoms with van der Waals surface area (Å²) in [6.45, 7) is 4.14. The number of urea groups is 1. The number of fused-ring (bicyclic) bond motifs is 1. The molecular formula is C20H25N7O5S. The number of imidazole rings is 1. The van der Waals surface area contributed by atoms with Crippen LogP contribution in [0.25, 0.3) is 22.6 Å². The summed E-state index contributed by atoms with van der Waals surface area (Å²) >= 11 is 0. The van der Waals surface area contributed by atoms with Crippen LogP contribution in [0.2, 0.25) is 0 Å². The van der Waals surface area contributed by atoms with Crippen molar-refractivity contribution in [2.45, 2.75) is 25.4 Å². The Morgan fingerprint density at radius 2 is 2.12 bits per heavy atom. The fourth-order valence-electron chi connectivity index (χ4n) is 3.74. The lowest BCUT2D eigenvalue weighted by molar-refractivity contribution is -0.00644. The molecule has 13 heteroatoms. The van der Waals surface area contributed by atoms with E-state index in [1.807, 2.05) is 12.1 Å². The first-order valence-electron chi connectivity index (χ1n) is 10.7. The lowest BCUT2D eigenvalue weighted by Crippen LogP contribution is -2.38. The summed E-state index contributed by atoms with van der Waals surface area (Å²) in [7, 11) is -3.83. The standard InChI is InChI=1S/C20H25N7O5S/c1-33(29,30)32-27(14-3-4-14)20(28)24-17-11-21-25-18(17)19-22-15-5-2-13(10-16(15)23-19)12-26-6-8-31-9-7-26/h2,5,10-11,14H,3-4,6-9,12H2,1H3,(H,21,25)(H,22,23)(H,24,28). The van der Waals surface area contributed by atoms with Gasteiger partial charge in [-0.3, -0.25) is 10.00 Å². The van der Waals surface area contributed by atoms with Crippen LogP contribution in [0.15, 0.2) is 24.4 Å². The van der Waals surface area contributed by atoms with E-state index in [9.17, 15) is 13.2 Å².